The second-order valence-electron chi connectivity index (χ2n) is 5.58. The number of aromatic nitrogens is 2. The molecule has 0 bridgehead atoms. The molecule has 0 saturated carbocycles. The van der Waals surface area contributed by atoms with Crippen molar-refractivity contribution in [1.29, 1.82) is 0 Å². The summed E-state index contributed by atoms with van der Waals surface area (Å²) in [6.07, 6.45) is 0.431. The van der Waals surface area contributed by atoms with Crippen LogP contribution in [0.5, 0.6) is 5.75 Å². The number of hydrogen-bond acceptors (Lipinski definition) is 7. The smallest absolute Gasteiger partial charge is 0.294 e. The van der Waals surface area contributed by atoms with Crippen LogP contribution in [0.4, 0.5) is 5.69 Å². The Hall–Kier alpha value is -3.05. The van der Waals surface area contributed by atoms with Crippen molar-refractivity contribution in [2.24, 2.45) is 0 Å². The van der Waals surface area contributed by atoms with Crippen LogP contribution in [0.25, 0.3) is 10.7 Å². The van der Waals surface area contributed by atoms with Gasteiger partial charge in [0.05, 0.1) is 4.88 Å². The summed E-state index contributed by atoms with van der Waals surface area (Å²) in [4.78, 5) is 31.3. The number of benzene rings is 1. The molecule has 0 fully saturated rings. The zero-order valence-electron chi connectivity index (χ0n) is 13.9. The average molecular weight is 387 g/mol. The lowest BCUT2D eigenvalue weighted by molar-refractivity contribution is -0.715. The number of rotatable bonds is 6. The monoisotopic (exact) mass is 387 g/mol. The molecule has 9 nitrogen and oxygen atoms in total. The van der Waals surface area contributed by atoms with E-state index < -0.39 is 22.4 Å². The predicted molar refractivity (Wildman–Crippen MR) is 99.7 cm³/mol. The molecule has 0 radical (unpaired) electrons. The molecule has 2 heterocycles. The summed E-state index contributed by atoms with van der Waals surface area (Å²) in [6.45, 7) is 0.214. The summed E-state index contributed by atoms with van der Waals surface area (Å²) < 4.78 is 0. The standard InChI is InChI=1S/C17H15N4O5S/c22-14-13(19-15(20-17(14)24)12-2-1-9-27-12)16(23)18-8-7-10-3-5-11(6-4-10)21(25)26/h1-6,9,21-22H,7-8H2,(H,18,23)(H,19,20,24)/q-1. The van der Waals surface area contributed by atoms with Crippen molar-refractivity contribution in [1.82, 2.24) is 15.3 Å². The van der Waals surface area contributed by atoms with E-state index in [2.05, 4.69) is 15.3 Å². The number of thiophene rings is 1. The highest BCUT2D eigenvalue weighted by Gasteiger charge is 2.18. The normalized spacial score (nSPS) is 10.9. The van der Waals surface area contributed by atoms with E-state index in [-0.39, 0.29) is 23.8 Å². The van der Waals surface area contributed by atoms with E-state index in [1.807, 2.05) is 0 Å². The number of carbonyl (C=O) groups excluding carboxylic acids is 1. The maximum absolute atomic E-state index is 12.3. The van der Waals surface area contributed by atoms with Gasteiger partial charge in [-0.3, -0.25) is 9.59 Å². The van der Waals surface area contributed by atoms with Gasteiger partial charge in [-0.15, -0.1) is 11.3 Å². The van der Waals surface area contributed by atoms with Crippen LogP contribution in [0.15, 0.2) is 46.6 Å². The summed E-state index contributed by atoms with van der Waals surface area (Å²) in [7, 11) is 0. The molecular formula is C17H15N4O5S-. The third-order valence-electron chi connectivity index (χ3n) is 3.75. The van der Waals surface area contributed by atoms with Crippen molar-refractivity contribution >= 4 is 22.9 Å². The second-order valence-corrected chi connectivity index (χ2v) is 6.53. The highest BCUT2D eigenvalue weighted by atomic mass is 32.1. The average Bonchev–Trinajstić information content (AvgIpc) is 3.19. The van der Waals surface area contributed by atoms with E-state index in [4.69, 9.17) is 0 Å². The fourth-order valence-corrected chi connectivity index (χ4v) is 3.04. The molecule has 1 aromatic carbocycles. The summed E-state index contributed by atoms with van der Waals surface area (Å²) >= 11 is 1.34. The van der Waals surface area contributed by atoms with Crippen LogP contribution in [0, 0.1) is 10.4 Å². The lowest BCUT2D eigenvalue weighted by atomic mass is 10.1. The minimum absolute atomic E-state index is 0.0709. The van der Waals surface area contributed by atoms with Crippen LogP contribution >= 0.6 is 11.3 Å². The third-order valence-corrected chi connectivity index (χ3v) is 4.63. The zero-order chi connectivity index (χ0) is 19.4. The molecule has 3 aromatic rings. The van der Waals surface area contributed by atoms with Crippen molar-refractivity contribution < 1.29 is 15.1 Å². The number of amides is 1. The SMILES string of the molecule is O=C(NCCc1ccc([NH+]([O-])[O-])cc1)c1nc(-c2cccs2)[nH]c(=O)c1O. The number of aromatic hydroxyl groups is 1. The predicted octanol–water partition coefficient (Wildman–Crippen LogP) is 0.688. The first-order chi connectivity index (χ1) is 13.0. The van der Waals surface area contributed by atoms with Crippen molar-refractivity contribution in [3.8, 4) is 16.5 Å². The van der Waals surface area contributed by atoms with Gasteiger partial charge in [0, 0.05) is 6.54 Å². The maximum atomic E-state index is 12.3. The maximum Gasteiger partial charge on any atom is 0.294 e. The van der Waals surface area contributed by atoms with Gasteiger partial charge in [-0.25, -0.2) is 4.98 Å². The van der Waals surface area contributed by atoms with Crippen LogP contribution in [0.1, 0.15) is 16.1 Å². The fraction of sp³-hybridized carbons (Fsp3) is 0.118. The second kappa shape index (κ2) is 8.10. The van der Waals surface area contributed by atoms with Crippen molar-refractivity contribution in [3.63, 3.8) is 0 Å². The van der Waals surface area contributed by atoms with Gasteiger partial charge in [0.15, 0.2) is 11.5 Å². The molecular weight excluding hydrogens is 372 g/mol. The number of H-pyrrole nitrogens is 1. The molecule has 0 aliphatic carbocycles. The van der Waals surface area contributed by atoms with Crippen LogP contribution in [0.2, 0.25) is 0 Å². The van der Waals surface area contributed by atoms with Crippen molar-refractivity contribution in [3.05, 3.63) is 73.8 Å². The molecule has 0 spiro atoms. The Balaban J connectivity index is 1.68. The van der Waals surface area contributed by atoms with Crippen molar-refractivity contribution in [2.45, 2.75) is 6.42 Å². The largest absolute Gasteiger partial charge is 0.628 e. The van der Waals surface area contributed by atoms with E-state index in [1.54, 1.807) is 29.6 Å². The van der Waals surface area contributed by atoms with Gasteiger partial charge in [0.25, 0.3) is 11.5 Å². The number of hydrogen-bond donors (Lipinski definition) is 4. The molecule has 27 heavy (non-hydrogen) atoms. The Morgan fingerprint density at radius 1 is 1.26 bits per heavy atom. The number of quaternary nitrogens is 1. The third kappa shape index (κ3) is 4.38. The highest BCUT2D eigenvalue weighted by molar-refractivity contribution is 7.13. The molecule has 4 N–H and O–H groups in total. The molecule has 0 atom stereocenters. The molecule has 10 heteroatoms. The Morgan fingerprint density at radius 3 is 2.63 bits per heavy atom. The summed E-state index contributed by atoms with van der Waals surface area (Å²) in [6, 6.07) is 9.59. The van der Waals surface area contributed by atoms with E-state index in [1.165, 1.54) is 23.5 Å². The first-order valence-electron chi connectivity index (χ1n) is 7.91. The number of nitrogens with one attached hydrogen (secondary N) is 3. The Bertz CT molecular complexity index is 984. The van der Waals surface area contributed by atoms with Gasteiger partial charge in [-0.05, 0) is 35.6 Å². The quantitative estimate of drug-likeness (QED) is 0.458. The summed E-state index contributed by atoms with van der Waals surface area (Å²) in [5.74, 6) is -1.22. The van der Waals surface area contributed by atoms with E-state index in [0.29, 0.717) is 11.3 Å². The number of nitrogens with zero attached hydrogens (tertiary/aromatic N) is 1. The molecule has 2 aromatic heterocycles. The molecule has 0 aliphatic rings. The van der Waals surface area contributed by atoms with Crippen LogP contribution in [-0.2, 0) is 6.42 Å². The lowest BCUT2D eigenvalue weighted by Crippen LogP contribution is -2.96. The first kappa shape index (κ1) is 18.7. The topological polar surface area (TPSA) is 146 Å². The van der Waals surface area contributed by atoms with Gasteiger partial charge in [0.2, 0.25) is 5.75 Å². The summed E-state index contributed by atoms with van der Waals surface area (Å²) in [5.41, 5.74) is -0.268. The minimum Gasteiger partial charge on any atom is -0.628 e. The first-order valence-corrected chi connectivity index (χ1v) is 8.79. The van der Waals surface area contributed by atoms with E-state index >= 15 is 0 Å². The van der Waals surface area contributed by atoms with Gasteiger partial charge < -0.3 is 31.0 Å². The van der Waals surface area contributed by atoms with Gasteiger partial charge in [-0.2, -0.15) is 0 Å². The van der Waals surface area contributed by atoms with E-state index in [0.717, 1.165) is 5.56 Å². The molecule has 140 valence electrons. The molecule has 0 unspecified atom stereocenters. The number of aromatic amines is 1. The molecule has 0 aliphatic heterocycles. The Kier molecular flexibility index (Phi) is 5.62. The van der Waals surface area contributed by atoms with Crippen LogP contribution in [-0.4, -0.2) is 27.5 Å². The van der Waals surface area contributed by atoms with E-state index in [9.17, 15) is 25.1 Å². The highest BCUT2D eigenvalue weighted by Crippen LogP contribution is 2.21. The van der Waals surface area contributed by atoms with Crippen LogP contribution in [0.3, 0.4) is 0 Å². The van der Waals surface area contributed by atoms with Gasteiger partial charge in [0.1, 0.15) is 5.69 Å². The molecule has 0 saturated heterocycles. The summed E-state index contributed by atoms with van der Waals surface area (Å²) in [5, 5.41) is 34.4. The lowest BCUT2D eigenvalue weighted by Gasteiger charge is -2.24. The Morgan fingerprint density at radius 2 is 2.00 bits per heavy atom. The van der Waals surface area contributed by atoms with Gasteiger partial charge in [-0.1, -0.05) is 18.2 Å². The molecule has 1 amide bonds. The Labute approximate surface area is 157 Å². The minimum atomic E-state index is -1.26. The zero-order valence-corrected chi connectivity index (χ0v) is 14.7. The molecule has 3 rings (SSSR count). The fourth-order valence-electron chi connectivity index (χ4n) is 2.37. The van der Waals surface area contributed by atoms with Crippen LogP contribution < -0.4 is 16.1 Å². The van der Waals surface area contributed by atoms with Crippen molar-refractivity contribution in [2.75, 3.05) is 6.54 Å². The number of carbonyl (C=O) groups is 1. The van der Waals surface area contributed by atoms with Gasteiger partial charge >= 0.3 is 0 Å².